The molecule has 0 radical (unpaired) electrons. The topological polar surface area (TPSA) is 54.5 Å². The normalized spacial score (nSPS) is 18.2. The Balaban J connectivity index is 2.05. The summed E-state index contributed by atoms with van der Waals surface area (Å²) in [6, 6.07) is 2.63. The van der Waals surface area contributed by atoms with Crippen LogP contribution in [0.3, 0.4) is 0 Å². The van der Waals surface area contributed by atoms with Crippen molar-refractivity contribution in [2.45, 2.75) is 46.2 Å². The number of carbonyl (C=O) groups excluding carboxylic acids is 1. The van der Waals surface area contributed by atoms with Gasteiger partial charge in [0.15, 0.2) is 0 Å². The molecule has 0 aromatic carbocycles. The van der Waals surface area contributed by atoms with Crippen LogP contribution in [0.15, 0.2) is 12.3 Å². The van der Waals surface area contributed by atoms with Crippen LogP contribution in [-0.2, 0) is 0 Å². The molecular weight excluding hydrogens is 264 g/mol. The van der Waals surface area contributed by atoms with E-state index in [0.29, 0.717) is 17.4 Å². The van der Waals surface area contributed by atoms with Gasteiger partial charge >= 0.3 is 0 Å². The van der Waals surface area contributed by atoms with E-state index in [0.717, 1.165) is 32.6 Å². The van der Waals surface area contributed by atoms with Crippen molar-refractivity contribution < 1.29 is 4.79 Å². The van der Waals surface area contributed by atoms with Crippen molar-refractivity contribution in [2.75, 3.05) is 31.9 Å². The molecule has 1 atom stereocenters. The molecule has 1 aliphatic rings. The minimum atomic E-state index is 0.101. The van der Waals surface area contributed by atoms with Crippen LogP contribution < -0.4 is 5.73 Å². The van der Waals surface area contributed by atoms with Crippen LogP contribution >= 0.6 is 0 Å². The van der Waals surface area contributed by atoms with E-state index in [-0.39, 0.29) is 11.9 Å². The molecule has 5 heteroatoms. The smallest absolute Gasteiger partial charge is 0.270 e. The second-order valence-corrected chi connectivity index (χ2v) is 6.25. The molecule has 2 N–H and O–H groups in total. The largest absolute Gasteiger partial charge is 0.397 e. The fourth-order valence-electron chi connectivity index (χ4n) is 2.89. The Morgan fingerprint density at radius 2 is 1.86 bits per heavy atom. The Kier molecular flexibility index (Phi) is 4.93. The highest BCUT2D eigenvalue weighted by Crippen LogP contribution is 2.19. The molecule has 1 saturated heterocycles. The molecule has 1 aromatic heterocycles. The number of nitrogens with two attached hydrogens (primary N) is 1. The maximum absolute atomic E-state index is 12.7. The van der Waals surface area contributed by atoms with Gasteiger partial charge in [-0.1, -0.05) is 6.92 Å². The van der Waals surface area contributed by atoms with E-state index in [1.807, 2.05) is 15.7 Å². The summed E-state index contributed by atoms with van der Waals surface area (Å²) in [5.74, 6) is 0.101. The summed E-state index contributed by atoms with van der Waals surface area (Å²) in [6.45, 7) is 12.1. The number of amides is 1. The Hall–Kier alpha value is -1.49. The standard InChI is InChI=1S/C16H28N4O/c1-5-13(4)18-6-8-19(9-7-18)16(21)15-10-14(17)11-20(15)12(2)3/h10-13H,5-9,17H2,1-4H3. The molecule has 1 fully saturated rings. The molecule has 0 saturated carbocycles. The van der Waals surface area contributed by atoms with E-state index in [2.05, 4.69) is 32.6 Å². The van der Waals surface area contributed by atoms with Gasteiger partial charge in [-0.2, -0.15) is 0 Å². The zero-order valence-corrected chi connectivity index (χ0v) is 13.7. The van der Waals surface area contributed by atoms with Crippen molar-refractivity contribution >= 4 is 11.6 Å². The SMILES string of the molecule is CCC(C)N1CCN(C(=O)c2cc(N)cn2C(C)C)CC1. The molecule has 21 heavy (non-hydrogen) atoms. The molecule has 2 heterocycles. The number of hydrogen-bond acceptors (Lipinski definition) is 3. The number of carbonyl (C=O) groups is 1. The lowest BCUT2D eigenvalue weighted by molar-refractivity contribution is 0.0568. The third kappa shape index (κ3) is 3.40. The fraction of sp³-hybridized carbons (Fsp3) is 0.688. The number of aromatic nitrogens is 1. The number of nitrogen functional groups attached to an aromatic ring is 1. The maximum atomic E-state index is 12.7. The predicted molar refractivity (Wildman–Crippen MR) is 86.5 cm³/mol. The van der Waals surface area contributed by atoms with E-state index in [1.54, 1.807) is 6.07 Å². The van der Waals surface area contributed by atoms with Gasteiger partial charge in [-0.05, 0) is 33.3 Å². The summed E-state index contributed by atoms with van der Waals surface area (Å²) in [6.07, 6.45) is 3.01. The van der Waals surface area contributed by atoms with Crippen LogP contribution in [-0.4, -0.2) is 52.5 Å². The number of nitrogens with zero attached hydrogens (tertiary/aromatic N) is 3. The fourth-order valence-corrected chi connectivity index (χ4v) is 2.89. The lowest BCUT2D eigenvalue weighted by atomic mass is 10.2. The minimum Gasteiger partial charge on any atom is -0.397 e. The van der Waals surface area contributed by atoms with E-state index >= 15 is 0 Å². The molecule has 0 aliphatic carbocycles. The third-order valence-corrected chi connectivity index (χ3v) is 4.46. The molecule has 0 bridgehead atoms. The summed E-state index contributed by atoms with van der Waals surface area (Å²) in [7, 11) is 0. The molecule has 118 valence electrons. The molecule has 0 spiro atoms. The van der Waals surface area contributed by atoms with E-state index in [9.17, 15) is 4.79 Å². The van der Waals surface area contributed by atoms with Crippen LogP contribution in [0, 0.1) is 0 Å². The highest BCUT2D eigenvalue weighted by molar-refractivity contribution is 5.94. The second-order valence-electron chi connectivity index (χ2n) is 6.25. The molecule has 1 aromatic rings. The Labute approximate surface area is 127 Å². The van der Waals surface area contributed by atoms with Crippen molar-refractivity contribution in [1.82, 2.24) is 14.4 Å². The quantitative estimate of drug-likeness (QED) is 0.925. The van der Waals surface area contributed by atoms with E-state index in [1.165, 1.54) is 0 Å². The van der Waals surface area contributed by atoms with Crippen LogP contribution in [0.2, 0.25) is 0 Å². The number of rotatable bonds is 4. The van der Waals surface area contributed by atoms with E-state index in [4.69, 9.17) is 5.73 Å². The summed E-state index contributed by atoms with van der Waals surface area (Å²) >= 11 is 0. The van der Waals surface area contributed by atoms with Gasteiger partial charge in [-0.25, -0.2) is 0 Å². The average molecular weight is 292 g/mol. The zero-order chi connectivity index (χ0) is 15.6. The third-order valence-electron chi connectivity index (χ3n) is 4.46. The van der Waals surface area contributed by atoms with Gasteiger partial charge in [0.2, 0.25) is 0 Å². The number of hydrogen-bond donors (Lipinski definition) is 1. The van der Waals surface area contributed by atoms with Crippen LogP contribution in [0.1, 0.15) is 50.6 Å². The first-order valence-corrected chi connectivity index (χ1v) is 7.94. The van der Waals surface area contributed by atoms with Crippen LogP contribution in [0.4, 0.5) is 5.69 Å². The highest BCUT2D eigenvalue weighted by atomic mass is 16.2. The lowest BCUT2D eigenvalue weighted by Gasteiger charge is -2.38. The summed E-state index contributed by atoms with van der Waals surface area (Å²) in [4.78, 5) is 17.1. The van der Waals surface area contributed by atoms with Crippen molar-refractivity contribution in [3.63, 3.8) is 0 Å². The zero-order valence-electron chi connectivity index (χ0n) is 13.7. The molecule has 2 rings (SSSR count). The van der Waals surface area contributed by atoms with Gasteiger partial charge in [-0.15, -0.1) is 0 Å². The highest BCUT2D eigenvalue weighted by Gasteiger charge is 2.26. The van der Waals surface area contributed by atoms with Crippen LogP contribution in [0.25, 0.3) is 0 Å². The minimum absolute atomic E-state index is 0.101. The number of anilines is 1. The van der Waals surface area contributed by atoms with Crippen molar-refractivity contribution in [3.8, 4) is 0 Å². The van der Waals surface area contributed by atoms with E-state index < -0.39 is 0 Å². The molecular formula is C16H28N4O. The first-order chi connectivity index (χ1) is 9.93. The lowest BCUT2D eigenvalue weighted by Crippen LogP contribution is -2.51. The maximum Gasteiger partial charge on any atom is 0.270 e. The molecule has 1 amide bonds. The number of piperazine rings is 1. The van der Waals surface area contributed by atoms with Gasteiger partial charge in [0.25, 0.3) is 5.91 Å². The Bertz CT molecular complexity index is 486. The summed E-state index contributed by atoms with van der Waals surface area (Å²) in [5.41, 5.74) is 7.23. The first kappa shape index (κ1) is 15.9. The predicted octanol–water partition coefficient (Wildman–Crippen LogP) is 2.21. The van der Waals surface area contributed by atoms with Gasteiger partial charge < -0.3 is 15.2 Å². The Morgan fingerprint density at radius 1 is 1.24 bits per heavy atom. The van der Waals surface area contributed by atoms with Gasteiger partial charge in [0.05, 0.1) is 5.69 Å². The molecule has 5 nitrogen and oxygen atoms in total. The first-order valence-electron chi connectivity index (χ1n) is 7.94. The van der Waals surface area contributed by atoms with Crippen molar-refractivity contribution in [2.24, 2.45) is 0 Å². The Morgan fingerprint density at radius 3 is 2.38 bits per heavy atom. The van der Waals surface area contributed by atoms with Gasteiger partial charge in [0, 0.05) is 44.5 Å². The summed E-state index contributed by atoms with van der Waals surface area (Å²) < 4.78 is 1.97. The summed E-state index contributed by atoms with van der Waals surface area (Å²) in [5, 5.41) is 0. The average Bonchev–Trinajstić information content (AvgIpc) is 2.88. The van der Waals surface area contributed by atoms with Crippen molar-refractivity contribution in [3.05, 3.63) is 18.0 Å². The van der Waals surface area contributed by atoms with Crippen LogP contribution in [0.5, 0.6) is 0 Å². The molecule has 1 unspecified atom stereocenters. The molecule has 1 aliphatic heterocycles. The van der Waals surface area contributed by atoms with Crippen molar-refractivity contribution in [1.29, 1.82) is 0 Å². The monoisotopic (exact) mass is 292 g/mol. The van der Waals surface area contributed by atoms with Gasteiger partial charge in [0.1, 0.15) is 5.69 Å². The second kappa shape index (κ2) is 6.52. The van der Waals surface area contributed by atoms with Gasteiger partial charge in [-0.3, -0.25) is 9.69 Å².